The van der Waals surface area contributed by atoms with Crippen LogP contribution in [-0.4, -0.2) is 27.1 Å². The molecule has 21 heavy (non-hydrogen) atoms. The Labute approximate surface area is 125 Å². The van der Waals surface area contributed by atoms with Crippen LogP contribution >= 0.6 is 11.3 Å². The van der Waals surface area contributed by atoms with Crippen molar-refractivity contribution in [3.63, 3.8) is 0 Å². The van der Waals surface area contributed by atoms with Crippen molar-refractivity contribution in [2.24, 2.45) is 0 Å². The molecule has 1 atom stereocenters. The highest BCUT2D eigenvalue weighted by atomic mass is 32.1. The molecule has 3 aromatic heterocycles. The molecule has 7 nitrogen and oxygen atoms in total. The second kappa shape index (κ2) is 5.65. The normalized spacial score (nSPS) is 12.5. The zero-order valence-electron chi connectivity index (χ0n) is 12.0. The number of hydrogen-bond acceptors (Lipinski definition) is 8. The van der Waals surface area contributed by atoms with Gasteiger partial charge in [-0.2, -0.15) is 0 Å². The van der Waals surface area contributed by atoms with Gasteiger partial charge >= 0.3 is 0 Å². The molecule has 110 valence electrons. The van der Waals surface area contributed by atoms with Crippen LogP contribution in [0.5, 0.6) is 0 Å². The first-order valence-electron chi connectivity index (χ1n) is 6.56. The summed E-state index contributed by atoms with van der Waals surface area (Å²) >= 11 is 1.44. The van der Waals surface area contributed by atoms with Crippen molar-refractivity contribution in [2.45, 2.75) is 26.7 Å². The predicted octanol–water partition coefficient (Wildman–Crippen LogP) is 3.01. The molecule has 0 aliphatic heterocycles. The van der Waals surface area contributed by atoms with Gasteiger partial charge in [0.1, 0.15) is 17.7 Å². The van der Waals surface area contributed by atoms with Crippen LogP contribution < -0.4 is 5.32 Å². The highest BCUT2D eigenvalue weighted by molar-refractivity contribution is 7.18. The SMILES string of the molecule is Cc1noc(C)c1[C@@H](C)CNc1nnc(-c2ccon2)s1. The van der Waals surface area contributed by atoms with Crippen molar-refractivity contribution in [3.05, 3.63) is 29.3 Å². The third-order valence-electron chi connectivity index (χ3n) is 3.22. The van der Waals surface area contributed by atoms with Crippen molar-refractivity contribution >= 4 is 16.5 Å². The molecule has 0 aromatic carbocycles. The zero-order valence-corrected chi connectivity index (χ0v) is 12.8. The van der Waals surface area contributed by atoms with Gasteiger partial charge in [-0.25, -0.2) is 0 Å². The lowest BCUT2D eigenvalue weighted by Gasteiger charge is -2.11. The Morgan fingerprint density at radius 3 is 2.81 bits per heavy atom. The number of hydrogen-bond donors (Lipinski definition) is 1. The first-order chi connectivity index (χ1) is 10.1. The molecule has 0 aliphatic carbocycles. The fraction of sp³-hybridized carbons (Fsp3) is 0.385. The Hall–Kier alpha value is -2.22. The number of nitrogens with zero attached hydrogens (tertiary/aromatic N) is 4. The fourth-order valence-corrected chi connectivity index (χ4v) is 2.97. The molecule has 0 fully saturated rings. The summed E-state index contributed by atoms with van der Waals surface area (Å²) in [4.78, 5) is 0. The van der Waals surface area contributed by atoms with Gasteiger partial charge in [-0.05, 0) is 13.8 Å². The lowest BCUT2D eigenvalue weighted by molar-refractivity contribution is 0.391. The molecule has 3 rings (SSSR count). The molecule has 0 amide bonds. The Morgan fingerprint density at radius 2 is 2.14 bits per heavy atom. The van der Waals surface area contributed by atoms with E-state index >= 15 is 0 Å². The van der Waals surface area contributed by atoms with Crippen LogP contribution in [0.1, 0.15) is 29.9 Å². The van der Waals surface area contributed by atoms with E-state index in [1.165, 1.54) is 17.6 Å². The van der Waals surface area contributed by atoms with Gasteiger partial charge in [-0.15, -0.1) is 10.2 Å². The van der Waals surface area contributed by atoms with Crippen LogP contribution in [0.4, 0.5) is 5.13 Å². The van der Waals surface area contributed by atoms with Gasteiger partial charge in [0, 0.05) is 24.1 Å². The summed E-state index contributed by atoms with van der Waals surface area (Å²) in [5.74, 6) is 1.14. The summed E-state index contributed by atoms with van der Waals surface area (Å²) in [6.07, 6.45) is 1.52. The quantitative estimate of drug-likeness (QED) is 0.774. The number of aromatic nitrogens is 4. The van der Waals surface area contributed by atoms with E-state index in [1.54, 1.807) is 6.07 Å². The first-order valence-corrected chi connectivity index (χ1v) is 7.37. The summed E-state index contributed by atoms with van der Waals surface area (Å²) < 4.78 is 10.0. The molecule has 0 bridgehead atoms. The van der Waals surface area contributed by atoms with E-state index in [-0.39, 0.29) is 5.92 Å². The van der Waals surface area contributed by atoms with Crippen LogP contribution in [0, 0.1) is 13.8 Å². The molecule has 0 saturated heterocycles. The Bertz CT molecular complexity index is 699. The van der Waals surface area contributed by atoms with E-state index in [1.807, 2.05) is 13.8 Å². The second-order valence-electron chi connectivity index (χ2n) is 4.82. The zero-order chi connectivity index (χ0) is 14.8. The molecular weight excluding hydrogens is 290 g/mol. The average molecular weight is 305 g/mol. The Balaban J connectivity index is 1.66. The monoisotopic (exact) mass is 305 g/mol. The largest absolute Gasteiger partial charge is 0.364 e. The summed E-state index contributed by atoms with van der Waals surface area (Å²) in [6.45, 7) is 6.74. The number of aryl methyl sites for hydroxylation is 2. The van der Waals surface area contributed by atoms with Crippen LogP contribution in [0.3, 0.4) is 0 Å². The molecule has 1 N–H and O–H groups in total. The maximum Gasteiger partial charge on any atom is 0.206 e. The van der Waals surface area contributed by atoms with Crippen molar-refractivity contribution < 1.29 is 9.05 Å². The number of nitrogens with one attached hydrogen (secondary N) is 1. The highest BCUT2D eigenvalue weighted by Crippen LogP contribution is 2.27. The Morgan fingerprint density at radius 1 is 1.29 bits per heavy atom. The fourth-order valence-electron chi connectivity index (χ4n) is 2.26. The van der Waals surface area contributed by atoms with Gasteiger partial charge in [0.25, 0.3) is 0 Å². The summed E-state index contributed by atoms with van der Waals surface area (Å²) in [5.41, 5.74) is 2.77. The maximum absolute atomic E-state index is 5.20. The smallest absolute Gasteiger partial charge is 0.206 e. The van der Waals surface area contributed by atoms with Gasteiger partial charge < -0.3 is 14.4 Å². The molecule has 0 unspecified atom stereocenters. The minimum Gasteiger partial charge on any atom is -0.364 e. The van der Waals surface area contributed by atoms with Crippen LogP contribution in [0.2, 0.25) is 0 Å². The van der Waals surface area contributed by atoms with Crippen LogP contribution in [0.15, 0.2) is 21.4 Å². The molecule has 8 heteroatoms. The van der Waals surface area contributed by atoms with Crippen molar-refractivity contribution in [1.29, 1.82) is 0 Å². The van der Waals surface area contributed by atoms with Crippen molar-refractivity contribution in [1.82, 2.24) is 20.5 Å². The molecule has 0 radical (unpaired) electrons. The van der Waals surface area contributed by atoms with Gasteiger partial charge in [-0.3, -0.25) is 0 Å². The van der Waals surface area contributed by atoms with E-state index in [9.17, 15) is 0 Å². The summed E-state index contributed by atoms with van der Waals surface area (Å²) in [7, 11) is 0. The molecule has 0 spiro atoms. The number of rotatable bonds is 5. The first kappa shape index (κ1) is 13.7. The van der Waals surface area contributed by atoms with Crippen molar-refractivity contribution in [2.75, 3.05) is 11.9 Å². The van der Waals surface area contributed by atoms with Gasteiger partial charge in [0.2, 0.25) is 5.13 Å². The van der Waals surface area contributed by atoms with E-state index < -0.39 is 0 Å². The van der Waals surface area contributed by atoms with E-state index in [0.29, 0.717) is 5.69 Å². The van der Waals surface area contributed by atoms with Gasteiger partial charge in [-0.1, -0.05) is 28.6 Å². The highest BCUT2D eigenvalue weighted by Gasteiger charge is 2.17. The minimum absolute atomic E-state index is 0.274. The third-order valence-corrected chi connectivity index (χ3v) is 4.13. The average Bonchev–Trinajstić information content (AvgIpc) is 3.17. The van der Waals surface area contributed by atoms with Gasteiger partial charge in [0.05, 0.1) is 5.69 Å². The molecule has 3 aromatic rings. The van der Waals surface area contributed by atoms with E-state index in [0.717, 1.165) is 33.7 Å². The second-order valence-corrected chi connectivity index (χ2v) is 5.79. The lowest BCUT2D eigenvalue weighted by Crippen LogP contribution is -2.10. The van der Waals surface area contributed by atoms with Crippen LogP contribution in [-0.2, 0) is 0 Å². The third kappa shape index (κ3) is 2.80. The van der Waals surface area contributed by atoms with Gasteiger partial charge in [0.15, 0.2) is 5.01 Å². The molecule has 0 saturated carbocycles. The van der Waals surface area contributed by atoms with Crippen LogP contribution in [0.25, 0.3) is 10.7 Å². The lowest BCUT2D eigenvalue weighted by atomic mass is 10.00. The predicted molar refractivity (Wildman–Crippen MR) is 78.3 cm³/mol. The molecular formula is C13H15N5O2S. The molecule has 3 heterocycles. The summed E-state index contributed by atoms with van der Waals surface area (Å²) in [5, 5.41) is 20.8. The van der Waals surface area contributed by atoms with Crippen molar-refractivity contribution in [3.8, 4) is 10.7 Å². The standard InChI is InChI=1S/C13H15N5O2S/c1-7(11-8(2)17-20-9(11)3)6-14-13-16-15-12(21-13)10-4-5-19-18-10/h4-5,7H,6H2,1-3H3,(H,14,16)/t7-/m0/s1. The molecule has 0 aliphatic rings. The topological polar surface area (TPSA) is 89.9 Å². The summed E-state index contributed by atoms with van der Waals surface area (Å²) in [6, 6.07) is 1.76. The minimum atomic E-state index is 0.274. The Kier molecular flexibility index (Phi) is 3.70. The number of anilines is 1. The maximum atomic E-state index is 5.20. The van der Waals surface area contributed by atoms with E-state index in [4.69, 9.17) is 9.05 Å². The van der Waals surface area contributed by atoms with E-state index in [2.05, 4.69) is 32.8 Å².